The van der Waals surface area contributed by atoms with Crippen molar-refractivity contribution in [1.29, 1.82) is 0 Å². The third kappa shape index (κ3) is 2.28. The zero-order valence-corrected chi connectivity index (χ0v) is 10.5. The number of carbonyl (C=O) groups is 2. The summed E-state index contributed by atoms with van der Waals surface area (Å²) in [5.74, 6) is -2.79. The number of carboxylic acid groups (broad SMARTS) is 1. The number of phenols is 2. The molecule has 5 N–H and O–H groups in total. The maximum absolute atomic E-state index is 12.0. The third-order valence-corrected chi connectivity index (χ3v) is 2.79. The van der Waals surface area contributed by atoms with E-state index in [4.69, 9.17) is 5.11 Å². The molecule has 0 aliphatic heterocycles. The fourth-order valence-corrected chi connectivity index (χ4v) is 1.85. The van der Waals surface area contributed by atoms with Crippen LogP contribution in [0.4, 0.5) is 5.69 Å². The lowest BCUT2D eigenvalue weighted by atomic mass is 10.1. The van der Waals surface area contributed by atoms with Crippen molar-refractivity contribution in [2.24, 2.45) is 0 Å². The number of H-pyrrole nitrogens is 1. The molecule has 1 heterocycles. The Bertz CT molecular complexity index is 670. The first-order valence-corrected chi connectivity index (χ1v) is 5.65. The van der Waals surface area contributed by atoms with E-state index < -0.39 is 23.4 Å². The summed E-state index contributed by atoms with van der Waals surface area (Å²) in [7, 11) is 0. The summed E-state index contributed by atoms with van der Waals surface area (Å²) in [5.41, 5.74) is 0.0490. The standard InChI is InChI=1S/C13H12N2O5/c1-6-10(13(19)20)7(5-14-6)15-12(18)11-8(16)3-2-4-9(11)17/h2-5,14,16-17H,1H3,(H,15,18)(H,19,20). The molecule has 1 aromatic carbocycles. The molecule has 0 bridgehead atoms. The predicted molar refractivity (Wildman–Crippen MR) is 70.2 cm³/mol. The van der Waals surface area contributed by atoms with Crippen molar-refractivity contribution in [3.63, 3.8) is 0 Å². The van der Waals surface area contributed by atoms with E-state index in [9.17, 15) is 19.8 Å². The molecule has 2 rings (SSSR count). The Morgan fingerprint density at radius 3 is 2.30 bits per heavy atom. The maximum atomic E-state index is 12.0. The Balaban J connectivity index is 2.36. The highest BCUT2D eigenvalue weighted by Gasteiger charge is 2.21. The molecule has 2 aromatic rings. The molecule has 0 radical (unpaired) electrons. The van der Waals surface area contributed by atoms with Crippen LogP contribution in [0.3, 0.4) is 0 Å². The van der Waals surface area contributed by atoms with Crippen molar-refractivity contribution in [2.75, 3.05) is 5.32 Å². The number of rotatable bonds is 3. The number of aromatic amines is 1. The van der Waals surface area contributed by atoms with Crippen LogP contribution in [-0.4, -0.2) is 32.2 Å². The van der Waals surface area contributed by atoms with E-state index >= 15 is 0 Å². The number of aromatic carboxylic acids is 1. The molecule has 20 heavy (non-hydrogen) atoms. The van der Waals surface area contributed by atoms with Gasteiger partial charge in [0, 0.05) is 11.9 Å². The van der Waals surface area contributed by atoms with Gasteiger partial charge in [-0.05, 0) is 19.1 Å². The summed E-state index contributed by atoms with van der Waals surface area (Å²) < 4.78 is 0. The average molecular weight is 276 g/mol. The molecule has 0 fully saturated rings. The van der Waals surface area contributed by atoms with E-state index in [2.05, 4.69) is 10.3 Å². The van der Waals surface area contributed by atoms with E-state index in [1.807, 2.05) is 0 Å². The van der Waals surface area contributed by atoms with Crippen LogP contribution >= 0.6 is 0 Å². The summed E-state index contributed by atoms with van der Waals surface area (Å²) in [6.45, 7) is 1.55. The zero-order valence-electron chi connectivity index (χ0n) is 10.5. The highest BCUT2D eigenvalue weighted by Crippen LogP contribution is 2.28. The van der Waals surface area contributed by atoms with Gasteiger partial charge < -0.3 is 25.6 Å². The zero-order chi connectivity index (χ0) is 14.9. The second-order valence-electron chi connectivity index (χ2n) is 4.13. The topological polar surface area (TPSA) is 123 Å². The van der Waals surface area contributed by atoms with Gasteiger partial charge in [-0.25, -0.2) is 4.79 Å². The largest absolute Gasteiger partial charge is 0.507 e. The Kier molecular flexibility index (Phi) is 3.34. The minimum Gasteiger partial charge on any atom is -0.507 e. The van der Waals surface area contributed by atoms with Crippen LogP contribution in [0.1, 0.15) is 26.4 Å². The van der Waals surface area contributed by atoms with Crippen molar-refractivity contribution in [1.82, 2.24) is 4.98 Å². The Morgan fingerprint density at radius 1 is 1.15 bits per heavy atom. The molecular weight excluding hydrogens is 264 g/mol. The Morgan fingerprint density at radius 2 is 1.75 bits per heavy atom. The molecule has 0 saturated carbocycles. The number of aromatic hydroxyl groups is 2. The number of carboxylic acids is 1. The summed E-state index contributed by atoms with van der Waals surface area (Å²) in [4.78, 5) is 25.8. The van der Waals surface area contributed by atoms with Crippen molar-refractivity contribution in [2.45, 2.75) is 6.92 Å². The third-order valence-electron chi connectivity index (χ3n) is 2.79. The smallest absolute Gasteiger partial charge is 0.339 e. The van der Waals surface area contributed by atoms with E-state index in [-0.39, 0.29) is 16.8 Å². The lowest BCUT2D eigenvalue weighted by molar-refractivity contribution is 0.0697. The molecule has 0 atom stereocenters. The van der Waals surface area contributed by atoms with Crippen molar-refractivity contribution < 1.29 is 24.9 Å². The molecular formula is C13H12N2O5. The molecule has 1 amide bonds. The molecule has 7 heteroatoms. The lowest BCUT2D eigenvalue weighted by Crippen LogP contribution is -2.14. The van der Waals surface area contributed by atoms with Crippen LogP contribution in [0.5, 0.6) is 11.5 Å². The predicted octanol–water partition coefficient (Wildman–Crippen LogP) is 1.68. The molecule has 0 spiro atoms. The van der Waals surface area contributed by atoms with Gasteiger partial charge in [0.25, 0.3) is 5.91 Å². The number of aryl methyl sites for hydroxylation is 1. The number of aromatic nitrogens is 1. The molecule has 1 aromatic heterocycles. The van der Waals surface area contributed by atoms with E-state index in [0.717, 1.165) is 0 Å². The molecule has 0 saturated heterocycles. The van der Waals surface area contributed by atoms with Gasteiger partial charge in [-0.2, -0.15) is 0 Å². The molecule has 0 unspecified atom stereocenters. The second-order valence-corrected chi connectivity index (χ2v) is 4.13. The van der Waals surface area contributed by atoms with Gasteiger partial charge in [-0.3, -0.25) is 4.79 Å². The summed E-state index contributed by atoms with van der Waals surface area (Å²) in [5, 5.41) is 30.6. The van der Waals surface area contributed by atoms with Gasteiger partial charge in [0.2, 0.25) is 0 Å². The monoisotopic (exact) mass is 276 g/mol. The van der Waals surface area contributed by atoms with Crippen LogP contribution < -0.4 is 5.32 Å². The number of hydrogen-bond donors (Lipinski definition) is 5. The SMILES string of the molecule is Cc1[nH]cc(NC(=O)c2c(O)cccc2O)c1C(=O)O. The fourth-order valence-electron chi connectivity index (χ4n) is 1.85. The van der Waals surface area contributed by atoms with Crippen LogP contribution in [-0.2, 0) is 0 Å². The van der Waals surface area contributed by atoms with E-state index in [1.54, 1.807) is 6.92 Å². The maximum Gasteiger partial charge on any atom is 0.339 e. The molecule has 0 aliphatic carbocycles. The number of anilines is 1. The highest BCUT2D eigenvalue weighted by atomic mass is 16.4. The van der Waals surface area contributed by atoms with Crippen LogP contribution in [0, 0.1) is 6.92 Å². The number of phenolic OH excluding ortho intramolecular Hbond substituents is 2. The average Bonchev–Trinajstić information content (AvgIpc) is 2.70. The van der Waals surface area contributed by atoms with Gasteiger partial charge in [-0.15, -0.1) is 0 Å². The number of nitrogens with one attached hydrogen (secondary N) is 2. The highest BCUT2D eigenvalue weighted by molar-refractivity contribution is 6.10. The van der Waals surface area contributed by atoms with Gasteiger partial charge >= 0.3 is 5.97 Å². The van der Waals surface area contributed by atoms with Gasteiger partial charge in [0.15, 0.2) is 0 Å². The first-order valence-electron chi connectivity index (χ1n) is 5.65. The Labute approximate surface area is 113 Å². The fraction of sp³-hybridized carbons (Fsp3) is 0.0769. The normalized spacial score (nSPS) is 10.2. The van der Waals surface area contributed by atoms with Gasteiger partial charge in [0.05, 0.1) is 5.69 Å². The number of amides is 1. The number of carbonyl (C=O) groups excluding carboxylic acids is 1. The Hall–Kier alpha value is -2.96. The molecule has 104 valence electrons. The van der Waals surface area contributed by atoms with E-state index in [1.165, 1.54) is 24.4 Å². The van der Waals surface area contributed by atoms with Gasteiger partial charge in [-0.1, -0.05) is 6.07 Å². The van der Waals surface area contributed by atoms with Crippen molar-refractivity contribution in [3.05, 3.63) is 41.2 Å². The molecule has 7 nitrogen and oxygen atoms in total. The van der Waals surface area contributed by atoms with Gasteiger partial charge in [0.1, 0.15) is 22.6 Å². The minimum atomic E-state index is -1.19. The number of hydrogen-bond acceptors (Lipinski definition) is 4. The summed E-state index contributed by atoms with van der Waals surface area (Å²) in [6.07, 6.45) is 1.33. The second kappa shape index (κ2) is 4.96. The van der Waals surface area contributed by atoms with Crippen LogP contribution in [0.25, 0.3) is 0 Å². The van der Waals surface area contributed by atoms with E-state index in [0.29, 0.717) is 5.69 Å². The summed E-state index contributed by atoms with van der Waals surface area (Å²) >= 11 is 0. The first-order chi connectivity index (χ1) is 9.41. The molecule has 0 aliphatic rings. The lowest BCUT2D eigenvalue weighted by Gasteiger charge is -2.08. The number of benzene rings is 1. The van der Waals surface area contributed by atoms with Crippen LogP contribution in [0.2, 0.25) is 0 Å². The minimum absolute atomic E-state index is 0.0580. The quantitative estimate of drug-likeness (QED) is 0.583. The first kappa shape index (κ1) is 13.5. The van der Waals surface area contributed by atoms with Crippen molar-refractivity contribution in [3.8, 4) is 11.5 Å². The van der Waals surface area contributed by atoms with Crippen LogP contribution in [0.15, 0.2) is 24.4 Å². The summed E-state index contributed by atoms with van der Waals surface area (Å²) in [6, 6.07) is 3.87. The van der Waals surface area contributed by atoms with Crippen molar-refractivity contribution >= 4 is 17.6 Å².